The van der Waals surface area contributed by atoms with Crippen LogP contribution in [0.5, 0.6) is 0 Å². The molecule has 0 radical (unpaired) electrons. The highest BCUT2D eigenvalue weighted by Gasteiger charge is 2.13. The topological polar surface area (TPSA) is 30.0 Å². The average Bonchev–Trinajstić information content (AvgIpc) is 2.35. The maximum atomic E-state index is 12.2. The molecule has 1 aromatic carbocycles. The number of carbonyl (C=O) groups is 1. The zero-order valence-corrected chi connectivity index (χ0v) is 11.3. The van der Waals surface area contributed by atoms with Crippen molar-refractivity contribution in [2.45, 2.75) is 13.3 Å². The van der Waals surface area contributed by atoms with Crippen molar-refractivity contribution < 1.29 is 4.79 Å². The molecule has 0 spiro atoms. The number of hydrogen-bond acceptors (Lipinski definition) is 2. The van der Waals surface area contributed by atoms with Crippen LogP contribution in [0.2, 0.25) is 10.0 Å². The van der Waals surface area contributed by atoms with Gasteiger partial charge in [0.1, 0.15) is 0 Å². The Labute approximate surface area is 116 Å². The number of ketones is 1. The number of halogens is 2. The first kappa shape index (κ1) is 13.1. The minimum absolute atomic E-state index is 0.0446. The molecule has 2 rings (SSSR count). The van der Waals surface area contributed by atoms with Crippen molar-refractivity contribution >= 4 is 29.0 Å². The zero-order chi connectivity index (χ0) is 13.1. The predicted octanol–water partition coefficient (Wildman–Crippen LogP) is 4.12. The first-order chi connectivity index (χ1) is 8.59. The Balaban J connectivity index is 2.28. The molecule has 0 fully saturated rings. The fourth-order valence-corrected chi connectivity index (χ4v) is 2.10. The maximum absolute atomic E-state index is 12.2. The highest BCUT2D eigenvalue weighted by atomic mass is 35.5. The normalized spacial score (nSPS) is 10.4. The second-order valence-corrected chi connectivity index (χ2v) is 4.79. The predicted molar refractivity (Wildman–Crippen MR) is 73.5 cm³/mol. The largest absolute Gasteiger partial charge is 0.294 e. The highest BCUT2D eigenvalue weighted by Crippen LogP contribution is 2.23. The van der Waals surface area contributed by atoms with Crippen molar-refractivity contribution in [1.29, 1.82) is 0 Å². The van der Waals surface area contributed by atoms with Gasteiger partial charge in [-0.2, -0.15) is 0 Å². The molecular weight excluding hydrogens is 269 g/mol. The van der Waals surface area contributed by atoms with Gasteiger partial charge in [-0.15, -0.1) is 0 Å². The van der Waals surface area contributed by atoms with Crippen LogP contribution >= 0.6 is 23.2 Å². The number of Topliss-reactive ketones (excluding diaryl/α,β-unsaturated/α-hetero) is 1. The second kappa shape index (κ2) is 5.51. The molecule has 1 heterocycles. The molecule has 0 amide bonds. The van der Waals surface area contributed by atoms with Gasteiger partial charge < -0.3 is 0 Å². The molecule has 0 bridgehead atoms. The van der Waals surface area contributed by atoms with Gasteiger partial charge in [0.2, 0.25) is 0 Å². The lowest BCUT2D eigenvalue weighted by molar-refractivity contribution is 0.0993. The monoisotopic (exact) mass is 279 g/mol. The van der Waals surface area contributed by atoms with Gasteiger partial charge in [0, 0.05) is 24.4 Å². The molecule has 2 aromatic rings. The van der Waals surface area contributed by atoms with E-state index in [9.17, 15) is 4.79 Å². The van der Waals surface area contributed by atoms with Gasteiger partial charge >= 0.3 is 0 Å². The Kier molecular flexibility index (Phi) is 4.00. The van der Waals surface area contributed by atoms with E-state index in [-0.39, 0.29) is 12.2 Å². The summed E-state index contributed by atoms with van der Waals surface area (Å²) in [5, 5.41) is 1.00. The van der Waals surface area contributed by atoms with Crippen LogP contribution in [-0.2, 0) is 6.42 Å². The van der Waals surface area contributed by atoms with E-state index in [2.05, 4.69) is 4.98 Å². The lowest BCUT2D eigenvalue weighted by atomic mass is 10.0. The molecule has 18 heavy (non-hydrogen) atoms. The number of aromatic nitrogens is 1. The number of carbonyl (C=O) groups excluding carboxylic acids is 1. The van der Waals surface area contributed by atoms with Gasteiger partial charge in [-0.25, -0.2) is 0 Å². The average molecular weight is 280 g/mol. The smallest absolute Gasteiger partial charge is 0.168 e. The SMILES string of the molecule is Cc1cccc(C(=O)Cc2ccncc2Cl)c1Cl. The van der Waals surface area contributed by atoms with E-state index in [1.54, 1.807) is 18.3 Å². The summed E-state index contributed by atoms with van der Waals surface area (Å²) in [7, 11) is 0. The molecule has 0 aliphatic rings. The molecule has 0 aliphatic heterocycles. The van der Waals surface area contributed by atoms with Crippen LogP contribution in [0.1, 0.15) is 21.5 Å². The van der Waals surface area contributed by atoms with E-state index in [1.165, 1.54) is 6.20 Å². The summed E-state index contributed by atoms with van der Waals surface area (Å²) in [6.07, 6.45) is 3.37. The lowest BCUT2D eigenvalue weighted by Crippen LogP contribution is -2.05. The number of nitrogens with zero attached hydrogens (tertiary/aromatic N) is 1. The Bertz CT molecular complexity index is 596. The maximum Gasteiger partial charge on any atom is 0.168 e. The van der Waals surface area contributed by atoms with E-state index in [0.29, 0.717) is 15.6 Å². The third-order valence-corrected chi connectivity index (χ3v) is 3.54. The van der Waals surface area contributed by atoms with Gasteiger partial charge in [0.15, 0.2) is 5.78 Å². The van der Waals surface area contributed by atoms with Crippen LogP contribution in [0.25, 0.3) is 0 Å². The Morgan fingerprint density at radius 2 is 2.06 bits per heavy atom. The van der Waals surface area contributed by atoms with E-state index in [4.69, 9.17) is 23.2 Å². The summed E-state index contributed by atoms with van der Waals surface area (Å²) in [6.45, 7) is 1.87. The Morgan fingerprint density at radius 3 is 2.78 bits per heavy atom. The fourth-order valence-electron chi connectivity index (χ4n) is 1.68. The molecule has 92 valence electrons. The van der Waals surface area contributed by atoms with Crippen molar-refractivity contribution in [2.24, 2.45) is 0 Å². The van der Waals surface area contributed by atoms with Crippen LogP contribution in [0.3, 0.4) is 0 Å². The van der Waals surface area contributed by atoms with E-state index in [0.717, 1.165) is 11.1 Å². The third-order valence-electron chi connectivity index (χ3n) is 2.70. The number of benzene rings is 1. The molecule has 0 unspecified atom stereocenters. The molecule has 4 heteroatoms. The zero-order valence-electron chi connectivity index (χ0n) is 9.78. The standard InChI is InChI=1S/C14H11Cl2NO/c1-9-3-2-4-11(14(9)16)13(18)7-10-5-6-17-8-12(10)15/h2-6,8H,7H2,1H3. The third kappa shape index (κ3) is 2.71. The van der Waals surface area contributed by atoms with Gasteiger partial charge in [-0.05, 0) is 30.2 Å². The molecule has 1 aromatic heterocycles. The molecule has 0 N–H and O–H groups in total. The molecule has 0 saturated heterocycles. The van der Waals surface area contributed by atoms with E-state index >= 15 is 0 Å². The summed E-state index contributed by atoms with van der Waals surface area (Å²) < 4.78 is 0. The minimum atomic E-state index is -0.0446. The number of pyridine rings is 1. The van der Waals surface area contributed by atoms with Crippen LogP contribution in [0.15, 0.2) is 36.7 Å². The minimum Gasteiger partial charge on any atom is -0.294 e. The van der Waals surface area contributed by atoms with Gasteiger partial charge in [0.25, 0.3) is 0 Å². The van der Waals surface area contributed by atoms with Crippen molar-refractivity contribution in [3.05, 3.63) is 63.4 Å². The van der Waals surface area contributed by atoms with Crippen LogP contribution in [0.4, 0.5) is 0 Å². The highest BCUT2D eigenvalue weighted by molar-refractivity contribution is 6.35. The van der Waals surface area contributed by atoms with Gasteiger partial charge in [0.05, 0.1) is 10.0 Å². The first-order valence-corrected chi connectivity index (χ1v) is 6.22. The summed E-state index contributed by atoms with van der Waals surface area (Å²) in [6, 6.07) is 7.16. The van der Waals surface area contributed by atoms with E-state index in [1.807, 2.05) is 19.1 Å². The summed E-state index contributed by atoms with van der Waals surface area (Å²) in [5.41, 5.74) is 2.18. The summed E-state index contributed by atoms with van der Waals surface area (Å²) in [5.74, 6) is -0.0446. The van der Waals surface area contributed by atoms with E-state index < -0.39 is 0 Å². The number of hydrogen-bond donors (Lipinski definition) is 0. The second-order valence-electron chi connectivity index (χ2n) is 4.00. The number of rotatable bonds is 3. The number of aryl methyl sites for hydroxylation is 1. The van der Waals surface area contributed by atoms with Crippen molar-refractivity contribution in [3.8, 4) is 0 Å². The molecular formula is C14H11Cl2NO. The van der Waals surface area contributed by atoms with Crippen molar-refractivity contribution in [2.75, 3.05) is 0 Å². The molecule has 0 atom stereocenters. The van der Waals surface area contributed by atoms with Gasteiger partial charge in [-0.1, -0.05) is 35.3 Å². The summed E-state index contributed by atoms with van der Waals surface area (Å²) >= 11 is 12.1. The fraction of sp³-hybridized carbons (Fsp3) is 0.143. The Morgan fingerprint density at radius 1 is 1.28 bits per heavy atom. The van der Waals surface area contributed by atoms with Gasteiger partial charge in [-0.3, -0.25) is 9.78 Å². The molecule has 0 saturated carbocycles. The van der Waals surface area contributed by atoms with Crippen LogP contribution < -0.4 is 0 Å². The lowest BCUT2D eigenvalue weighted by Gasteiger charge is -2.06. The van der Waals surface area contributed by atoms with Crippen molar-refractivity contribution in [1.82, 2.24) is 4.98 Å². The Hall–Kier alpha value is -1.38. The quantitative estimate of drug-likeness (QED) is 0.791. The van der Waals surface area contributed by atoms with Crippen LogP contribution in [-0.4, -0.2) is 10.8 Å². The molecule has 2 nitrogen and oxygen atoms in total. The first-order valence-electron chi connectivity index (χ1n) is 5.46. The van der Waals surface area contributed by atoms with Crippen molar-refractivity contribution in [3.63, 3.8) is 0 Å². The molecule has 0 aliphatic carbocycles. The summed E-state index contributed by atoms with van der Waals surface area (Å²) in [4.78, 5) is 16.1. The van der Waals surface area contributed by atoms with Crippen LogP contribution in [0, 0.1) is 6.92 Å².